The summed E-state index contributed by atoms with van der Waals surface area (Å²) in [5.74, 6) is -1.34. The Morgan fingerprint density at radius 2 is 1.38 bits per heavy atom. The maximum absolute atomic E-state index is 11.1. The molecule has 0 aromatic heterocycles. The second kappa shape index (κ2) is 5.24. The number of carbonyl (C=O) groups is 2. The van der Waals surface area contributed by atoms with E-state index in [1.54, 1.807) is 0 Å². The van der Waals surface area contributed by atoms with E-state index in [0.29, 0.717) is 0 Å². The molecule has 0 aromatic carbocycles. The van der Waals surface area contributed by atoms with Crippen molar-refractivity contribution < 1.29 is 34.4 Å². The maximum Gasteiger partial charge on any atom is 0.309 e. The molecule has 0 atom stereocenters. The number of hydrogen-bond donors (Lipinski definition) is 3. The van der Waals surface area contributed by atoms with Crippen molar-refractivity contribution in [2.24, 2.45) is 5.41 Å². The molecule has 7 nitrogen and oxygen atoms in total. The third kappa shape index (κ3) is 2.49. The molecule has 0 radical (unpaired) electrons. The maximum atomic E-state index is 11.1. The molecule has 1 heterocycles. The van der Waals surface area contributed by atoms with Crippen molar-refractivity contribution >= 4 is 11.9 Å². The topological polar surface area (TPSA) is 113 Å². The molecule has 1 rings (SSSR count). The molecule has 0 aromatic rings. The summed E-state index contributed by atoms with van der Waals surface area (Å²) in [5, 5.41) is 27.3. The number of carbonyl (C=O) groups excluding carboxylic acids is 2. The first-order valence-corrected chi connectivity index (χ1v) is 4.79. The summed E-state index contributed by atoms with van der Waals surface area (Å²) in [7, 11) is 0. The van der Waals surface area contributed by atoms with Gasteiger partial charge in [0.05, 0.1) is 32.7 Å². The molecule has 0 bridgehead atoms. The predicted molar refractivity (Wildman–Crippen MR) is 48.9 cm³/mol. The largest absolute Gasteiger partial charge is 0.424 e. The van der Waals surface area contributed by atoms with Crippen LogP contribution in [-0.2, 0) is 19.1 Å². The SMILES string of the molecule is O=C1CCC(=O)OC(C(CO)(CO)CO)O1. The van der Waals surface area contributed by atoms with E-state index in [-0.39, 0.29) is 12.8 Å². The molecule has 1 saturated heterocycles. The highest BCUT2D eigenvalue weighted by Gasteiger charge is 2.44. The Morgan fingerprint density at radius 3 is 1.69 bits per heavy atom. The fourth-order valence-corrected chi connectivity index (χ4v) is 1.21. The first-order chi connectivity index (χ1) is 7.57. The highest BCUT2D eigenvalue weighted by atomic mass is 16.7. The van der Waals surface area contributed by atoms with Gasteiger partial charge in [0.25, 0.3) is 6.29 Å². The lowest BCUT2D eigenvalue weighted by Gasteiger charge is -2.33. The number of hydrogen-bond acceptors (Lipinski definition) is 7. The van der Waals surface area contributed by atoms with Gasteiger partial charge in [-0.2, -0.15) is 0 Å². The molecule has 1 fully saturated rings. The molecule has 0 amide bonds. The Bertz CT molecular complexity index is 245. The summed E-state index contributed by atoms with van der Waals surface area (Å²) in [4.78, 5) is 22.3. The minimum Gasteiger partial charge on any atom is -0.424 e. The lowest BCUT2D eigenvalue weighted by atomic mass is 9.90. The molecule has 16 heavy (non-hydrogen) atoms. The summed E-state index contributed by atoms with van der Waals surface area (Å²) in [5.41, 5.74) is -1.57. The fourth-order valence-electron chi connectivity index (χ4n) is 1.21. The van der Waals surface area contributed by atoms with Crippen LogP contribution in [0.2, 0.25) is 0 Å². The molecule has 0 unspecified atom stereocenters. The Morgan fingerprint density at radius 1 is 1.00 bits per heavy atom. The number of cyclic esters (lactones) is 2. The van der Waals surface area contributed by atoms with Gasteiger partial charge < -0.3 is 24.8 Å². The van der Waals surface area contributed by atoms with Gasteiger partial charge in [-0.1, -0.05) is 0 Å². The predicted octanol–water partition coefficient (Wildman–Crippen LogP) is -1.84. The van der Waals surface area contributed by atoms with E-state index in [0.717, 1.165) is 0 Å². The highest BCUT2D eigenvalue weighted by molar-refractivity contribution is 5.79. The first-order valence-electron chi connectivity index (χ1n) is 4.79. The van der Waals surface area contributed by atoms with E-state index in [1.165, 1.54) is 0 Å². The monoisotopic (exact) mass is 234 g/mol. The van der Waals surface area contributed by atoms with Crippen LogP contribution in [0, 0.1) is 5.41 Å². The lowest BCUT2D eigenvalue weighted by Crippen LogP contribution is -2.48. The van der Waals surface area contributed by atoms with Crippen molar-refractivity contribution in [1.82, 2.24) is 0 Å². The van der Waals surface area contributed by atoms with Crippen LogP contribution in [0.1, 0.15) is 12.8 Å². The fraction of sp³-hybridized carbons (Fsp3) is 0.778. The third-order valence-corrected chi connectivity index (χ3v) is 2.45. The minimum atomic E-state index is -1.57. The Hall–Kier alpha value is -1.18. The second-order valence-electron chi connectivity index (χ2n) is 3.65. The van der Waals surface area contributed by atoms with Crippen molar-refractivity contribution in [1.29, 1.82) is 0 Å². The van der Waals surface area contributed by atoms with Crippen molar-refractivity contribution in [3.63, 3.8) is 0 Å². The molecule has 0 aliphatic carbocycles. The van der Waals surface area contributed by atoms with Crippen molar-refractivity contribution in [2.75, 3.05) is 19.8 Å². The van der Waals surface area contributed by atoms with Crippen LogP contribution in [0.15, 0.2) is 0 Å². The summed E-state index contributed by atoms with van der Waals surface area (Å²) in [6.07, 6.45) is -1.70. The van der Waals surface area contributed by atoms with Crippen LogP contribution in [0.3, 0.4) is 0 Å². The highest BCUT2D eigenvalue weighted by Crippen LogP contribution is 2.27. The van der Waals surface area contributed by atoms with E-state index in [2.05, 4.69) is 0 Å². The Kier molecular flexibility index (Phi) is 4.22. The van der Waals surface area contributed by atoms with Crippen molar-refractivity contribution in [3.05, 3.63) is 0 Å². The van der Waals surface area contributed by atoms with Gasteiger partial charge in [-0.3, -0.25) is 9.59 Å². The van der Waals surface area contributed by atoms with Gasteiger partial charge in [0, 0.05) is 0 Å². The van der Waals surface area contributed by atoms with E-state index in [1.807, 2.05) is 0 Å². The zero-order chi connectivity index (χ0) is 12.2. The lowest BCUT2D eigenvalue weighted by molar-refractivity contribution is -0.224. The van der Waals surface area contributed by atoms with Gasteiger partial charge in [0.2, 0.25) is 0 Å². The van der Waals surface area contributed by atoms with E-state index in [9.17, 15) is 9.59 Å². The normalized spacial score (nSPS) is 18.9. The Labute approximate surface area is 91.6 Å². The molecule has 92 valence electrons. The standard InChI is InChI=1S/C9H14O7/c10-3-9(4-11,5-12)8-15-6(13)1-2-7(14)16-8/h8,10-12H,1-5H2. The van der Waals surface area contributed by atoms with Gasteiger partial charge in [0.15, 0.2) is 0 Å². The van der Waals surface area contributed by atoms with E-state index >= 15 is 0 Å². The summed E-state index contributed by atoms with van der Waals surface area (Å²) in [6, 6.07) is 0. The van der Waals surface area contributed by atoms with E-state index < -0.39 is 43.5 Å². The number of aliphatic hydroxyl groups excluding tert-OH is 3. The zero-order valence-corrected chi connectivity index (χ0v) is 8.59. The molecular weight excluding hydrogens is 220 g/mol. The van der Waals surface area contributed by atoms with Crippen LogP contribution in [0.25, 0.3) is 0 Å². The van der Waals surface area contributed by atoms with Crippen LogP contribution >= 0.6 is 0 Å². The molecule has 1 aliphatic rings. The summed E-state index contributed by atoms with van der Waals surface area (Å²) in [6.45, 7) is -2.03. The average molecular weight is 234 g/mol. The minimum absolute atomic E-state index is 0.117. The quantitative estimate of drug-likeness (QED) is 0.489. The van der Waals surface area contributed by atoms with Gasteiger partial charge in [-0.05, 0) is 0 Å². The van der Waals surface area contributed by atoms with Crippen LogP contribution < -0.4 is 0 Å². The van der Waals surface area contributed by atoms with E-state index in [4.69, 9.17) is 24.8 Å². The average Bonchev–Trinajstić information content (AvgIpc) is 2.45. The number of ether oxygens (including phenoxy) is 2. The first kappa shape index (κ1) is 12.9. The number of aliphatic hydroxyl groups is 3. The molecular formula is C9H14O7. The van der Waals surface area contributed by atoms with Gasteiger partial charge in [-0.15, -0.1) is 0 Å². The van der Waals surface area contributed by atoms with Crippen molar-refractivity contribution in [2.45, 2.75) is 19.1 Å². The van der Waals surface area contributed by atoms with Crippen molar-refractivity contribution in [3.8, 4) is 0 Å². The van der Waals surface area contributed by atoms with Crippen LogP contribution in [0.4, 0.5) is 0 Å². The molecule has 7 heteroatoms. The molecule has 0 spiro atoms. The van der Waals surface area contributed by atoms with Crippen LogP contribution in [-0.4, -0.2) is 53.4 Å². The van der Waals surface area contributed by atoms with Crippen LogP contribution in [0.5, 0.6) is 0 Å². The third-order valence-electron chi connectivity index (χ3n) is 2.45. The van der Waals surface area contributed by atoms with Gasteiger partial charge in [0.1, 0.15) is 5.41 Å². The number of esters is 2. The van der Waals surface area contributed by atoms with Gasteiger partial charge in [-0.25, -0.2) is 0 Å². The smallest absolute Gasteiger partial charge is 0.309 e. The summed E-state index contributed by atoms with van der Waals surface area (Å²) >= 11 is 0. The Balaban J connectivity index is 2.89. The van der Waals surface area contributed by atoms with Gasteiger partial charge >= 0.3 is 11.9 Å². The summed E-state index contributed by atoms with van der Waals surface area (Å²) < 4.78 is 9.52. The molecule has 0 saturated carbocycles. The zero-order valence-electron chi connectivity index (χ0n) is 8.59. The molecule has 1 aliphatic heterocycles. The number of rotatable bonds is 4. The second-order valence-corrected chi connectivity index (χ2v) is 3.65. The molecule has 3 N–H and O–H groups in total.